The summed E-state index contributed by atoms with van der Waals surface area (Å²) in [4.78, 5) is 22.0. The second-order valence-electron chi connectivity index (χ2n) is 4.31. The molecule has 1 amide bonds. The molecule has 104 valence electrons. The maximum Gasteiger partial charge on any atom is 0.282 e. The fourth-order valence-corrected chi connectivity index (χ4v) is 1.76. The molecule has 19 heavy (non-hydrogen) atoms. The number of rotatable bonds is 6. The lowest BCUT2D eigenvalue weighted by atomic mass is 10.0. The van der Waals surface area contributed by atoms with Crippen molar-refractivity contribution in [1.82, 2.24) is 5.32 Å². The predicted molar refractivity (Wildman–Crippen MR) is 69.5 cm³/mol. The van der Waals surface area contributed by atoms with Gasteiger partial charge in [-0.2, -0.15) is 0 Å². The molecule has 0 spiro atoms. The summed E-state index contributed by atoms with van der Waals surface area (Å²) >= 11 is 0. The molecule has 0 saturated heterocycles. The normalized spacial score (nSPS) is 10.5. The minimum Gasteiger partial charge on any atom is -0.352 e. The highest BCUT2D eigenvalue weighted by molar-refractivity contribution is 5.98. The van der Waals surface area contributed by atoms with Crippen LogP contribution in [0.3, 0.4) is 0 Å². The van der Waals surface area contributed by atoms with Gasteiger partial charge in [-0.1, -0.05) is 26.7 Å². The van der Waals surface area contributed by atoms with Gasteiger partial charge in [-0.05, 0) is 18.1 Å². The highest BCUT2D eigenvalue weighted by atomic mass is 19.1. The largest absolute Gasteiger partial charge is 0.352 e. The summed E-state index contributed by atoms with van der Waals surface area (Å²) in [5.74, 6) is -0.965. The molecule has 0 aliphatic carbocycles. The lowest BCUT2D eigenvalue weighted by molar-refractivity contribution is -0.385. The van der Waals surface area contributed by atoms with Gasteiger partial charge in [-0.15, -0.1) is 0 Å². The molecule has 6 heteroatoms. The van der Waals surface area contributed by atoms with Gasteiger partial charge in [0.25, 0.3) is 11.6 Å². The lowest BCUT2D eigenvalue weighted by Gasteiger charge is -2.13. The first-order valence-electron chi connectivity index (χ1n) is 6.21. The molecule has 0 atom stereocenters. The Hall–Kier alpha value is -1.98. The Kier molecular flexibility index (Phi) is 5.41. The fourth-order valence-electron chi connectivity index (χ4n) is 1.76. The zero-order valence-electron chi connectivity index (χ0n) is 11.0. The van der Waals surface area contributed by atoms with Crippen molar-refractivity contribution >= 4 is 11.6 Å². The van der Waals surface area contributed by atoms with Crippen molar-refractivity contribution in [3.05, 3.63) is 39.7 Å². The van der Waals surface area contributed by atoms with E-state index < -0.39 is 16.6 Å². The van der Waals surface area contributed by atoms with Crippen LogP contribution in [0.25, 0.3) is 0 Å². The number of benzene rings is 1. The molecule has 0 heterocycles. The Balaban J connectivity index is 2.87. The second-order valence-corrected chi connectivity index (χ2v) is 4.31. The van der Waals surface area contributed by atoms with E-state index >= 15 is 0 Å². The Labute approximate surface area is 111 Å². The average molecular weight is 268 g/mol. The van der Waals surface area contributed by atoms with Crippen molar-refractivity contribution in [1.29, 1.82) is 0 Å². The Morgan fingerprint density at radius 1 is 1.42 bits per heavy atom. The van der Waals surface area contributed by atoms with Crippen LogP contribution in [0.5, 0.6) is 0 Å². The number of hydrogen-bond acceptors (Lipinski definition) is 3. The van der Waals surface area contributed by atoms with Gasteiger partial charge in [0.2, 0.25) is 0 Å². The van der Waals surface area contributed by atoms with Crippen LogP contribution >= 0.6 is 0 Å². The van der Waals surface area contributed by atoms with Gasteiger partial charge in [0.15, 0.2) is 0 Å². The minimum atomic E-state index is -0.689. The van der Waals surface area contributed by atoms with E-state index in [2.05, 4.69) is 5.32 Å². The van der Waals surface area contributed by atoms with E-state index in [1.54, 1.807) is 0 Å². The molecule has 5 nitrogen and oxygen atoms in total. The van der Waals surface area contributed by atoms with Crippen molar-refractivity contribution < 1.29 is 14.1 Å². The van der Waals surface area contributed by atoms with Crippen molar-refractivity contribution in [2.45, 2.75) is 26.7 Å². The van der Waals surface area contributed by atoms with Crippen LogP contribution in [0, 0.1) is 21.8 Å². The molecule has 0 fully saturated rings. The molecule has 0 aromatic heterocycles. The summed E-state index contributed by atoms with van der Waals surface area (Å²) in [6.45, 7) is 4.44. The molecule has 0 aliphatic rings. The van der Waals surface area contributed by atoms with E-state index in [0.29, 0.717) is 12.5 Å². The van der Waals surface area contributed by atoms with Crippen LogP contribution in [0.1, 0.15) is 37.0 Å². The molecular formula is C13H17FN2O3. The lowest BCUT2D eigenvalue weighted by Crippen LogP contribution is -2.29. The SMILES string of the molecule is CCC(CC)CNC(=O)c1cc(F)ccc1[N+](=O)[O-]. The third-order valence-electron chi connectivity index (χ3n) is 3.11. The molecule has 0 radical (unpaired) electrons. The number of carbonyl (C=O) groups excluding carboxylic acids is 1. The molecule has 0 unspecified atom stereocenters. The standard InChI is InChI=1S/C13H17FN2O3/c1-3-9(4-2)8-15-13(17)11-7-10(14)5-6-12(11)16(18)19/h5-7,9H,3-4,8H2,1-2H3,(H,15,17). The van der Waals surface area contributed by atoms with Crippen molar-refractivity contribution in [3.63, 3.8) is 0 Å². The highest BCUT2D eigenvalue weighted by Gasteiger charge is 2.21. The predicted octanol–water partition coefficient (Wildman–Crippen LogP) is 2.90. The smallest absolute Gasteiger partial charge is 0.282 e. The highest BCUT2D eigenvalue weighted by Crippen LogP contribution is 2.19. The number of nitrogens with one attached hydrogen (secondary N) is 1. The quantitative estimate of drug-likeness (QED) is 0.637. The summed E-state index contributed by atoms with van der Waals surface area (Å²) in [5, 5.41) is 13.4. The Morgan fingerprint density at radius 2 is 2.05 bits per heavy atom. The van der Waals surface area contributed by atoms with E-state index in [9.17, 15) is 19.3 Å². The fraction of sp³-hybridized carbons (Fsp3) is 0.462. The molecule has 1 aromatic rings. The second kappa shape index (κ2) is 6.82. The summed E-state index contributed by atoms with van der Waals surface area (Å²) in [6.07, 6.45) is 1.81. The number of nitro benzene ring substituents is 1. The van der Waals surface area contributed by atoms with E-state index in [1.807, 2.05) is 13.8 Å². The zero-order chi connectivity index (χ0) is 14.4. The van der Waals surface area contributed by atoms with E-state index in [4.69, 9.17) is 0 Å². The van der Waals surface area contributed by atoms with Crippen molar-refractivity contribution in [3.8, 4) is 0 Å². The third-order valence-corrected chi connectivity index (χ3v) is 3.11. The first-order valence-corrected chi connectivity index (χ1v) is 6.21. The number of nitro groups is 1. The van der Waals surface area contributed by atoms with Crippen LogP contribution in [-0.2, 0) is 0 Å². The minimum absolute atomic E-state index is 0.240. The summed E-state index contributed by atoms with van der Waals surface area (Å²) in [7, 11) is 0. The van der Waals surface area contributed by atoms with Crippen LogP contribution in [0.4, 0.5) is 10.1 Å². The van der Waals surface area contributed by atoms with Crippen LogP contribution < -0.4 is 5.32 Å². The molecule has 1 N–H and O–H groups in total. The number of hydrogen-bond donors (Lipinski definition) is 1. The van der Waals surface area contributed by atoms with Gasteiger partial charge in [-0.25, -0.2) is 4.39 Å². The number of amides is 1. The first-order chi connectivity index (χ1) is 8.99. The summed E-state index contributed by atoms with van der Waals surface area (Å²) in [5.41, 5.74) is -0.626. The van der Waals surface area contributed by atoms with Crippen LogP contribution in [-0.4, -0.2) is 17.4 Å². The Morgan fingerprint density at radius 3 is 2.58 bits per heavy atom. The topological polar surface area (TPSA) is 72.2 Å². The molecular weight excluding hydrogens is 251 g/mol. The van der Waals surface area contributed by atoms with Gasteiger partial charge in [0, 0.05) is 12.6 Å². The zero-order valence-corrected chi connectivity index (χ0v) is 11.0. The monoisotopic (exact) mass is 268 g/mol. The molecule has 1 aromatic carbocycles. The number of halogens is 1. The number of carbonyl (C=O) groups is 1. The summed E-state index contributed by atoms with van der Waals surface area (Å²) < 4.78 is 13.1. The van der Waals surface area contributed by atoms with Crippen LogP contribution in [0.2, 0.25) is 0 Å². The number of nitrogens with zero attached hydrogens (tertiary/aromatic N) is 1. The van der Waals surface area contributed by atoms with Gasteiger partial charge in [-0.3, -0.25) is 14.9 Å². The van der Waals surface area contributed by atoms with Gasteiger partial charge >= 0.3 is 0 Å². The Bertz CT molecular complexity index is 473. The molecule has 0 saturated carbocycles. The van der Waals surface area contributed by atoms with E-state index in [-0.39, 0.29) is 11.3 Å². The summed E-state index contributed by atoms with van der Waals surface area (Å²) in [6, 6.07) is 2.86. The molecule has 0 bridgehead atoms. The van der Waals surface area contributed by atoms with E-state index in [1.165, 1.54) is 0 Å². The maximum atomic E-state index is 13.1. The van der Waals surface area contributed by atoms with Gasteiger partial charge in [0.1, 0.15) is 11.4 Å². The van der Waals surface area contributed by atoms with Crippen LogP contribution in [0.15, 0.2) is 18.2 Å². The van der Waals surface area contributed by atoms with Gasteiger partial charge in [0.05, 0.1) is 4.92 Å². The van der Waals surface area contributed by atoms with Crippen molar-refractivity contribution in [2.75, 3.05) is 6.54 Å². The first kappa shape index (κ1) is 15.1. The average Bonchev–Trinajstić information content (AvgIpc) is 2.39. The third kappa shape index (κ3) is 4.01. The molecule has 1 rings (SSSR count). The van der Waals surface area contributed by atoms with E-state index in [0.717, 1.165) is 31.0 Å². The van der Waals surface area contributed by atoms with Gasteiger partial charge < -0.3 is 5.32 Å². The maximum absolute atomic E-state index is 13.1. The molecule has 0 aliphatic heterocycles. The van der Waals surface area contributed by atoms with Crippen molar-refractivity contribution in [2.24, 2.45) is 5.92 Å².